The van der Waals surface area contributed by atoms with Crippen LogP contribution in [-0.4, -0.2) is 9.13 Å². The topological polar surface area (TPSA) is 9.86 Å². The molecule has 0 aliphatic heterocycles. The second kappa shape index (κ2) is 12.3. The molecule has 2 nitrogen and oxygen atoms in total. The number of hydrogen-bond donors (Lipinski definition) is 0. The SMILES string of the molecule is CC1C=CC(c2ccc(-c3ccc(-n4c5ccccc5c5cc(-c6ccc7c(c6)c6ccccc6n7C6=CCC(C)C=C6)ccc54)cc3)cc2)=CC1. The lowest BCUT2D eigenvalue weighted by Crippen LogP contribution is -2.00. The molecule has 0 radical (unpaired) electrons. The van der Waals surface area contributed by atoms with Crippen molar-refractivity contribution in [1.29, 1.82) is 0 Å². The van der Waals surface area contributed by atoms with Gasteiger partial charge in [-0.15, -0.1) is 0 Å². The van der Waals surface area contributed by atoms with Gasteiger partial charge in [0.15, 0.2) is 0 Å². The molecule has 2 unspecified atom stereocenters. The summed E-state index contributed by atoms with van der Waals surface area (Å²) in [6, 6.07) is 49.6. The van der Waals surface area contributed by atoms with Crippen molar-refractivity contribution in [3.8, 4) is 27.9 Å². The Morgan fingerprint density at radius 1 is 0.423 bits per heavy atom. The minimum atomic E-state index is 0.582. The molecule has 250 valence electrons. The van der Waals surface area contributed by atoms with Crippen LogP contribution in [0.5, 0.6) is 0 Å². The van der Waals surface area contributed by atoms with Crippen LogP contribution in [0, 0.1) is 11.8 Å². The second-order valence-corrected chi connectivity index (χ2v) is 14.7. The van der Waals surface area contributed by atoms with Crippen LogP contribution in [0.2, 0.25) is 0 Å². The molecule has 0 N–H and O–H groups in total. The van der Waals surface area contributed by atoms with E-state index in [-0.39, 0.29) is 0 Å². The van der Waals surface area contributed by atoms with E-state index in [4.69, 9.17) is 0 Å². The van der Waals surface area contributed by atoms with Gasteiger partial charge in [0, 0.05) is 32.9 Å². The molecule has 0 amide bonds. The maximum atomic E-state index is 2.43. The molecule has 2 aromatic heterocycles. The van der Waals surface area contributed by atoms with Gasteiger partial charge in [-0.3, -0.25) is 0 Å². The Kier molecular flexibility index (Phi) is 7.25. The van der Waals surface area contributed by atoms with Crippen molar-refractivity contribution in [3.63, 3.8) is 0 Å². The molecule has 10 rings (SSSR count). The summed E-state index contributed by atoms with van der Waals surface area (Å²) in [5.74, 6) is 1.21. The first kappa shape index (κ1) is 30.7. The van der Waals surface area contributed by atoms with Crippen molar-refractivity contribution in [2.24, 2.45) is 11.8 Å². The number of benzene rings is 6. The molecule has 0 saturated heterocycles. The van der Waals surface area contributed by atoms with Gasteiger partial charge in [-0.05, 0) is 113 Å². The quantitative estimate of drug-likeness (QED) is 0.173. The lowest BCUT2D eigenvalue weighted by molar-refractivity contribution is 0.735. The third kappa shape index (κ3) is 5.09. The molecular formula is C50H40N2. The lowest BCUT2D eigenvalue weighted by atomic mass is 9.93. The molecule has 2 aliphatic rings. The molecule has 0 bridgehead atoms. The molecule has 2 heteroatoms. The predicted octanol–water partition coefficient (Wildman–Crippen LogP) is 13.6. The van der Waals surface area contributed by atoms with Crippen molar-refractivity contribution < 1.29 is 0 Å². The Hall–Kier alpha value is -6.12. The van der Waals surface area contributed by atoms with Crippen molar-refractivity contribution in [2.75, 3.05) is 0 Å². The van der Waals surface area contributed by atoms with Crippen molar-refractivity contribution >= 4 is 54.9 Å². The van der Waals surface area contributed by atoms with Gasteiger partial charge in [0.1, 0.15) is 0 Å². The first-order valence-electron chi connectivity index (χ1n) is 18.6. The first-order chi connectivity index (χ1) is 25.6. The van der Waals surface area contributed by atoms with Gasteiger partial charge in [-0.2, -0.15) is 0 Å². The van der Waals surface area contributed by atoms with Gasteiger partial charge in [0.05, 0.1) is 22.1 Å². The third-order valence-corrected chi connectivity index (χ3v) is 11.2. The van der Waals surface area contributed by atoms with Crippen LogP contribution >= 0.6 is 0 Å². The van der Waals surface area contributed by atoms with E-state index in [1.165, 1.54) is 88.4 Å². The van der Waals surface area contributed by atoms with Gasteiger partial charge in [0.25, 0.3) is 0 Å². The minimum absolute atomic E-state index is 0.582. The van der Waals surface area contributed by atoms with E-state index in [1.54, 1.807) is 0 Å². The second-order valence-electron chi connectivity index (χ2n) is 14.7. The smallest absolute Gasteiger partial charge is 0.0541 e. The van der Waals surface area contributed by atoms with Gasteiger partial charge >= 0.3 is 0 Å². The lowest BCUT2D eigenvalue weighted by Gasteiger charge is -2.15. The van der Waals surface area contributed by atoms with E-state index in [0.717, 1.165) is 12.8 Å². The molecule has 0 fully saturated rings. The highest BCUT2D eigenvalue weighted by Crippen LogP contribution is 2.39. The fourth-order valence-electron chi connectivity index (χ4n) is 8.34. The highest BCUT2D eigenvalue weighted by Gasteiger charge is 2.17. The number of para-hydroxylation sites is 2. The van der Waals surface area contributed by atoms with Crippen molar-refractivity contribution in [1.82, 2.24) is 9.13 Å². The zero-order valence-corrected chi connectivity index (χ0v) is 29.6. The van der Waals surface area contributed by atoms with Crippen LogP contribution in [0.25, 0.3) is 82.8 Å². The van der Waals surface area contributed by atoms with Gasteiger partial charge in [0.2, 0.25) is 0 Å². The monoisotopic (exact) mass is 668 g/mol. The summed E-state index contributed by atoms with van der Waals surface area (Å²) in [5.41, 5.74) is 14.9. The fourth-order valence-corrected chi connectivity index (χ4v) is 8.34. The van der Waals surface area contributed by atoms with Gasteiger partial charge in [-0.1, -0.05) is 129 Å². The molecule has 8 aromatic rings. The molecule has 2 heterocycles. The summed E-state index contributed by atoms with van der Waals surface area (Å²) >= 11 is 0. The molecular weight excluding hydrogens is 629 g/mol. The van der Waals surface area contributed by atoms with Crippen molar-refractivity contribution in [3.05, 3.63) is 175 Å². The number of nitrogens with zero attached hydrogens (tertiary/aromatic N) is 2. The Balaban J connectivity index is 1.02. The molecule has 6 aromatic carbocycles. The van der Waals surface area contributed by atoms with E-state index in [2.05, 4.69) is 193 Å². The minimum Gasteiger partial charge on any atom is -0.310 e. The van der Waals surface area contributed by atoms with Crippen LogP contribution in [0.4, 0.5) is 0 Å². The van der Waals surface area contributed by atoms with Crippen LogP contribution < -0.4 is 0 Å². The Morgan fingerprint density at radius 2 is 0.904 bits per heavy atom. The number of fused-ring (bicyclic) bond motifs is 6. The highest BCUT2D eigenvalue weighted by molar-refractivity contribution is 6.13. The molecule has 2 aliphatic carbocycles. The van der Waals surface area contributed by atoms with E-state index in [9.17, 15) is 0 Å². The summed E-state index contributed by atoms with van der Waals surface area (Å²) in [5, 5.41) is 5.11. The number of rotatable bonds is 5. The van der Waals surface area contributed by atoms with Crippen LogP contribution in [0.1, 0.15) is 32.3 Å². The summed E-state index contributed by atoms with van der Waals surface area (Å²) in [6.07, 6.45) is 16.1. The largest absolute Gasteiger partial charge is 0.310 e. The summed E-state index contributed by atoms with van der Waals surface area (Å²) in [6.45, 7) is 4.55. The highest BCUT2D eigenvalue weighted by atomic mass is 15.0. The van der Waals surface area contributed by atoms with Crippen LogP contribution in [-0.2, 0) is 0 Å². The number of hydrogen-bond acceptors (Lipinski definition) is 0. The molecule has 2 atom stereocenters. The average molecular weight is 669 g/mol. The zero-order valence-electron chi connectivity index (χ0n) is 29.6. The van der Waals surface area contributed by atoms with Crippen molar-refractivity contribution in [2.45, 2.75) is 26.7 Å². The number of allylic oxidation sites excluding steroid dienone is 8. The average Bonchev–Trinajstić information content (AvgIpc) is 3.71. The third-order valence-electron chi connectivity index (χ3n) is 11.2. The van der Waals surface area contributed by atoms with E-state index in [1.807, 2.05) is 0 Å². The zero-order chi connectivity index (χ0) is 34.8. The summed E-state index contributed by atoms with van der Waals surface area (Å²) in [7, 11) is 0. The van der Waals surface area contributed by atoms with Gasteiger partial charge in [-0.25, -0.2) is 0 Å². The van der Waals surface area contributed by atoms with Crippen LogP contribution in [0.15, 0.2) is 170 Å². The van der Waals surface area contributed by atoms with E-state index >= 15 is 0 Å². The number of aromatic nitrogens is 2. The maximum Gasteiger partial charge on any atom is 0.0541 e. The maximum absolute atomic E-state index is 2.43. The van der Waals surface area contributed by atoms with E-state index < -0.39 is 0 Å². The van der Waals surface area contributed by atoms with Crippen LogP contribution in [0.3, 0.4) is 0 Å². The summed E-state index contributed by atoms with van der Waals surface area (Å²) in [4.78, 5) is 0. The Labute approximate surface area is 305 Å². The fraction of sp³-hybridized carbons (Fsp3) is 0.120. The first-order valence-corrected chi connectivity index (χ1v) is 18.6. The molecule has 0 saturated carbocycles. The normalized spacial score (nSPS) is 17.3. The summed E-state index contributed by atoms with van der Waals surface area (Å²) < 4.78 is 4.84. The molecule has 52 heavy (non-hydrogen) atoms. The van der Waals surface area contributed by atoms with Gasteiger partial charge < -0.3 is 9.13 Å². The molecule has 0 spiro atoms. The standard InChI is InChI=1S/C50H40N2/c1-33-11-15-35(16-12-33)36-17-19-37(20-18-36)38-21-27-42(28-22-38)52-48-10-6-4-8-44(48)46-32-40(24-30-50(46)52)39-23-29-49-45(31-39)43-7-3-5-9-47(43)51(49)41-25-13-34(2)14-26-41/h3-11,13,15-34H,12,14H2,1-2H3. The van der Waals surface area contributed by atoms with E-state index in [0.29, 0.717) is 11.8 Å². The predicted molar refractivity (Wildman–Crippen MR) is 223 cm³/mol. The Bertz CT molecular complexity index is 2800. The Morgan fingerprint density at radius 3 is 1.48 bits per heavy atom.